The monoisotopic (exact) mass is 226 g/mol. The maximum atomic E-state index is 13.6. The van der Waals surface area contributed by atoms with E-state index in [0.717, 1.165) is 5.69 Å². The molecule has 0 bridgehead atoms. The van der Waals surface area contributed by atoms with E-state index >= 15 is 0 Å². The molecule has 0 aliphatic heterocycles. The molecule has 2 atom stereocenters. The number of hydrogen-bond donors (Lipinski definition) is 2. The van der Waals surface area contributed by atoms with Gasteiger partial charge in [-0.25, -0.2) is 4.39 Å². The summed E-state index contributed by atoms with van der Waals surface area (Å²) in [7, 11) is 1.81. The SMILES string of the molecule is CC(O)CN(C)c1cccc(F)c1[C@@H](C)N. The van der Waals surface area contributed by atoms with E-state index in [-0.39, 0.29) is 11.9 Å². The summed E-state index contributed by atoms with van der Waals surface area (Å²) < 4.78 is 13.6. The Balaban J connectivity index is 3.07. The van der Waals surface area contributed by atoms with E-state index in [2.05, 4.69) is 0 Å². The van der Waals surface area contributed by atoms with Gasteiger partial charge in [-0.1, -0.05) is 6.07 Å². The fraction of sp³-hybridized carbons (Fsp3) is 0.500. The normalized spacial score (nSPS) is 14.6. The summed E-state index contributed by atoms with van der Waals surface area (Å²) in [6.07, 6.45) is -0.464. The summed E-state index contributed by atoms with van der Waals surface area (Å²) in [4.78, 5) is 1.81. The minimum atomic E-state index is -0.464. The first-order valence-corrected chi connectivity index (χ1v) is 5.36. The second-order valence-corrected chi connectivity index (χ2v) is 4.19. The topological polar surface area (TPSA) is 49.5 Å². The van der Waals surface area contributed by atoms with Crippen LogP contribution in [0.4, 0.5) is 10.1 Å². The van der Waals surface area contributed by atoms with Crippen molar-refractivity contribution in [3.63, 3.8) is 0 Å². The summed E-state index contributed by atoms with van der Waals surface area (Å²) in [6, 6.07) is 4.49. The number of nitrogens with two attached hydrogens (primary N) is 1. The number of benzene rings is 1. The third-order valence-corrected chi connectivity index (χ3v) is 2.43. The first kappa shape index (κ1) is 12.9. The van der Waals surface area contributed by atoms with Gasteiger partial charge in [0.2, 0.25) is 0 Å². The molecule has 4 heteroatoms. The molecule has 16 heavy (non-hydrogen) atoms. The molecule has 1 unspecified atom stereocenters. The maximum absolute atomic E-state index is 13.6. The highest BCUT2D eigenvalue weighted by Crippen LogP contribution is 2.27. The Morgan fingerprint density at radius 3 is 2.56 bits per heavy atom. The second-order valence-electron chi connectivity index (χ2n) is 4.19. The van der Waals surface area contributed by atoms with Gasteiger partial charge in [0.25, 0.3) is 0 Å². The van der Waals surface area contributed by atoms with Crippen molar-refractivity contribution in [2.75, 3.05) is 18.5 Å². The van der Waals surface area contributed by atoms with E-state index in [9.17, 15) is 9.50 Å². The highest BCUT2D eigenvalue weighted by molar-refractivity contribution is 5.55. The molecular weight excluding hydrogens is 207 g/mol. The largest absolute Gasteiger partial charge is 0.392 e. The van der Waals surface area contributed by atoms with Crippen LogP contribution >= 0.6 is 0 Å². The van der Waals surface area contributed by atoms with Gasteiger partial charge in [-0.05, 0) is 26.0 Å². The molecule has 0 saturated heterocycles. The van der Waals surface area contributed by atoms with Gasteiger partial charge in [-0.2, -0.15) is 0 Å². The van der Waals surface area contributed by atoms with Crippen molar-refractivity contribution in [1.29, 1.82) is 0 Å². The van der Waals surface area contributed by atoms with Gasteiger partial charge in [0.05, 0.1) is 6.10 Å². The van der Waals surface area contributed by atoms with Crippen LogP contribution in [0.1, 0.15) is 25.5 Å². The fourth-order valence-electron chi connectivity index (χ4n) is 1.80. The van der Waals surface area contributed by atoms with Crippen LogP contribution in [0.2, 0.25) is 0 Å². The number of halogens is 1. The van der Waals surface area contributed by atoms with Crippen LogP contribution < -0.4 is 10.6 Å². The van der Waals surface area contributed by atoms with Crippen LogP contribution in [0.25, 0.3) is 0 Å². The maximum Gasteiger partial charge on any atom is 0.130 e. The molecule has 0 spiro atoms. The van der Waals surface area contributed by atoms with Crippen LogP contribution in [0.15, 0.2) is 18.2 Å². The Hall–Kier alpha value is -1.13. The van der Waals surface area contributed by atoms with Crippen molar-refractivity contribution in [3.05, 3.63) is 29.6 Å². The quantitative estimate of drug-likeness (QED) is 0.821. The Kier molecular flexibility index (Phi) is 4.26. The van der Waals surface area contributed by atoms with Crippen LogP contribution in [0, 0.1) is 5.82 Å². The number of anilines is 1. The number of nitrogens with zero attached hydrogens (tertiary/aromatic N) is 1. The molecule has 3 N–H and O–H groups in total. The highest BCUT2D eigenvalue weighted by atomic mass is 19.1. The number of likely N-dealkylation sites (N-methyl/N-ethyl adjacent to an activating group) is 1. The van der Waals surface area contributed by atoms with Crippen molar-refractivity contribution in [2.24, 2.45) is 5.73 Å². The second kappa shape index (κ2) is 5.27. The average molecular weight is 226 g/mol. The standard InChI is InChI=1S/C12H19FN2O/c1-8(16)7-15(3)11-6-4-5-10(13)12(11)9(2)14/h4-6,8-9,16H,7,14H2,1-3H3/t8?,9-/m1/s1. The molecule has 0 fully saturated rings. The van der Waals surface area contributed by atoms with Gasteiger partial charge in [0.1, 0.15) is 5.82 Å². The molecule has 1 aromatic rings. The Morgan fingerprint density at radius 2 is 2.06 bits per heavy atom. The molecule has 0 aliphatic carbocycles. The summed E-state index contributed by atoms with van der Waals surface area (Å²) in [5, 5.41) is 9.32. The van der Waals surface area contributed by atoms with Crippen molar-refractivity contribution in [2.45, 2.75) is 26.0 Å². The van der Waals surface area contributed by atoms with E-state index in [4.69, 9.17) is 5.73 Å². The van der Waals surface area contributed by atoms with Crippen LogP contribution in [-0.4, -0.2) is 24.8 Å². The predicted octanol–water partition coefficient (Wildman–Crippen LogP) is 1.66. The van der Waals surface area contributed by atoms with Crippen LogP contribution in [-0.2, 0) is 0 Å². The van der Waals surface area contributed by atoms with E-state index in [1.807, 2.05) is 18.0 Å². The van der Waals surface area contributed by atoms with Gasteiger partial charge >= 0.3 is 0 Å². The lowest BCUT2D eigenvalue weighted by molar-refractivity contribution is 0.201. The van der Waals surface area contributed by atoms with Gasteiger partial charge in [-0.3, -0.25) is 0 Å². The van der Waals surface area contributed by atoms with Gasteiger partial charge < -0.3 is 15.7 Å². The Morgan fingerprint density at radius 1 is 1.44 bits per heavy atom. The van der Waals surface area contributed by atoms with Crippen molar-refractivity contribution in [3.8, 4) is 0 Å². The third kappa shape index (κ3) is 2.93. The average Bonchev–Trinajstić information content (AvgIpc) is 2.15. The van der Waals surface area contributed by atoms with Gasteiger partial charge in [0, 0.05) is 30.9 Å². The van der Waals surface area contributed by atoms with Crippen molar-refractivity contribution < 1.29 is 9.50 Å². The summed E-state index contributed by atoms with van der Waals surface area (Å²) in [5.74, 6) is -0.301. The predicted molar refractivity (Wildman–Crippen MR) is 64.0 cm³/mol. The number of rotatable bonds is 4. The zero-order valence-electron chi connectivity index (χ0n) is 9.94. The summed E-state index contributed by atoms with van der Waals surface area (Å²) in [6.45, 7) is 3.89. The highest BCUT2D eigenvalue weighted by Gasteiger charge is 2.15. The van der Waals surface area contributed by atoms with E-state index in [1.165, 1.54) is 6.07 Å². The molecule has 1 rings (SSSR count). The number of aliphatic hydroxyl groups excluding tert-OH is 1. The Bertz CT molecular complexity index is 353. The summed E-state index contributed by atoms with van der Waals surface area (Å²) >= 11 is 0. The molecule has 0 heterocycles. The number of aliphatic hydroxyl groups is 1. The molecule has 0 radical (unpaired) electrons. The lowest BCUT2D eigenvalue weighted by Gasteiger charge is -2.25. The van der Waals surface area contributed by atoms with Crippen molar-refractivity contribution in [1.82, 2.24) is 0 Å². The zero-order chi connectivity index (χ0) is 12.3. The van der Waals surface area contributed by atoms with Gasteiger partial charge in [-0.15, -0.1) is 0 Å². The summed E-state index contributed by atoms with van der Waals surface area (Å²) in [5.41, 5.74) is 6.98. The zero-order valence-corrected chi connectivity index (χ0v) is 9.94. The molecule has 3 nitrogen and oxygen atoms in total. The minimum Gasteiger partial charge on any atom is -0.392 e. The molecular formula is C12H19FN2O. The molecule has 0 saturated carbocycles. The molecule has 0 amide bonds. The first-order valence-electron chi connectivity index (χ1n) is 5.36. The van der Waals surface area contributed by atoms with Crippen LogP contribution in [0.5, 0.6) is 0 Å². The first-order chi connectivity index (χ1) is 7.43. The molecule has 90 valence electrons. The Labute approximate surface area is 95.7 Å². The van der Waals surface area contributed by atoms with E-state index in [0.29, 0.717) is 12.1 Å². The lowest BCUT2D eigenvalue weighted by atomic mass is 10.1. The fourth-order valence-corrected chi connectivity index (χ4v) is 1.80. The van der Waals surface area contributed by atoms with Gasteiger partial charge in [0.15, 0.2) is 0 Å². The molecule has 0 aromatic heterocycles. The third-order valence-electron chi connectivity index (χ3n) is 2.43. The van der Waals surface area contributed by atoms with E-state index in [1.54, 1.807) is 19.9 Å². The van der Waals surface area contributed by atoms with Crippen molar-refractivity contribution >= 4 is 5.69 Å². The number of hydrogen-bond acceptors (Lipinski definition) is 3. The van der Waals surface area contributed by atoms with Crippen LogP contribution in [0.3, 0.4) is 0 Å². The molecule has 0 aliphatic rings. The molecule has 1 aromatic carbocycles. The minimum absolute atomic E-state index is 0.301. The van der Waals surface area contributed by atoms with E-state index < -0.39 is 6.10 Å². The smallest absolute Gasteiger partial charge is 0.130 e. The lowest BCUT2D eigenvalue weighted by Crippen LogP contribution is -2.28.